The number of nitrogen functional groups attached to an aromatic ring is 1. The van der Waals surface area contributed by atoms with Gasteiger partial charge in [0.15, 0.2) is 0 Å². The summed E-state index contributed by atoms with van der Waals surface area (Å²) in [4.78, 5) is 2.17. The minimum Gasteiger partial charge on any atom is -0.397 e. The van der Waals surface area contributed by atoms with Crippen LogP contribution in [0.15, 0.2) is 18.2 Å². The van der Waals surface area contributed by atoms with Crippen LogP contribution in [0.5, 0.6) is 0 Å². The Bertz CT molecular complexity index is 470. The Morgan fingerprint density at radius 3 is 2.50 bits per heavy atom. The van der Waals surface area contributed by atoms with Crippen molar-refractivity contribution in [1.29, 1.82) is 0 Å². The number of benzene rings is 1. The van der Waals surface area contributed by atoms with Crippen molar-refractivity contribution in [1.82, 2.24) is 0 Å². The van der Waals surface area contributed by atoms with Crippen LogP contribution in [0.2, 0.25) is 0 Å². The van der Waals surface area contributed by atoms with Gasteiger partial charge >= 0.3 is 6.18 Å². The normalized spacial score (nSPS) is 26.9. The average Bonchev–Trinajstić information content (AvgIpc) is 2.89. The van der Waals surface area contributed by atoms with E-state index in [1.807, 2.05) is 0 Å². The summed E-state index contributed by atoms with van der Waals surface area (Å²) in [6, 6.07) is 4.15. The Labute approximate surface area is 104 Å². The molecule has 0 radical (unpaired) electrons. The number of nitrogens with zero attached hydrogens (tertiary/aromatic N) is 1. The van der Waals surface area contributed by atoms with Gasteiger partial charge in [-0.05, 0) is 43.4 Å². The fraction of sp³-hybridized carbons (Fsp3) is 0.538. The highest BCUT2D eigenvalue weighted by Crippen LogP contribution is 2.43. The van der Waals surface area contributed by atoms with Crippen LogP contribution in [0, 0.1) is 5.92 Å². The zero-order chi connectivity index (χ0) is 12.9. The largest absolute Gasteiger partial charge is 0.416 e. The van der Waals surface area contributed by atoms with Crippen LogP contribution in [0.3, 0.4) is 0 Å². The Morgan fingerprint density at radius 2 is 2.00 bits per heavy atom. The van der Waals surface area contributed by atoms with Gasteiger partial charge in [0, 0.05) is 12.6 Å². The zero-order valence-corrected chi connectivity index (χ0v) is 9.87. The molecule has 3 rings (SSSR count). The summed E-state index contributed by atoms with van der Waals surface area (Å²) < 4.78 is 37.7. The molecular formula is C13H15F3N2. The highest BCUT2D eigenvalue weighted by Gasteiger charge is 2.39. The number of nitrogens with two attached hydrogens (primary N) is 1. The Hall–Kier alpha value is -1.39. The third kappa shape index (κ3) is 1.82. The molecule has 0 spiro atoms. The quantitative estimate of drug-likeness (QED) is 0.781. The molecule has 1 aliphatic carbocycles. The number of hydrogen-bond donors (Lipinski definition) is 1. The Kier molecular flexibility index (Phi) is 2.47. The van der Waals surface area contributed by atoms with Gasteiger partial charge in [-0.2, -0.15) is 13.2 Å². The zero-order valence-electron chi connectivity index (χ0n) is 9.87. The third-order valence-corrected chi connectivity index (χ3v) is 4.07. The van der Waals surface area contributed by atoms with Gasteiger partial charge in [0.25, 0.3) is 0 Å². The van der Waals surface area contributed by atoms with Gasteiger partial charge in [0.1, 0.15) is 0 Å². The van der Waals surface area contributed by atoms with Crippen LogP contribution in [-0.4, -0.2) is 12.6 Å². The molecule has 5 heteroatoms. The molecule has 2 fully saturated rings. The summed E-state index contributed by atoms with van der Waals surface area (Å²) >= 11 is 0. The first-order valence-corrected chi connectivity index (χ1v) is 6.18. The molecule has 1 aromatic carbocycles. The Balaban J connectivity index is 1.90. The second-order valence-electron chi connectivity index (χ2n) is 5.26. The van der Waals surface area contributed by atoms with Crippen molar-refractivity contribution in [3.63, 3.8) is 0 Å². The predicted octanol–water partition coefficient (Wildman–Crippen LogP) is 3.28. The molecule has 0 aromatic heterocycles. The fourth-order valence-electron chi connectivity index (χ4n) is 3.21. The topological polar surface area (TPSA) is 29.3 Å². The lowest BCUT2D eigenvalue weighted by atomic mass is 10.1. The monoisotopic (exact) mass is 256 g/mol. The minimum absolute atomic E-state index is 0.234. The summed E-state index contributed by atoms with van der Waals surface area (Å²) in [6.07, 6.45) is -0.802. The van der Waals surface area contributed by atoms with E-state index in [2.05, 4.69) is 4.90 Å². The number of piperidine rings is 1. The molecule has 1 saturated carbocycles. The van der Waals surface area contributed by atoms with E-state index in [1.54, 1.807) is 0 Å². The van der Waals surface area contributed by atoms with Gasteiger partial charge in [-0.15, -0.1) is 0 Å². The lowest BCUT2D eigenvalue weighted by molar-refractivity contribution is -0.137. The van der Waals surface area contributed by atoms with E-state index in [9.17, 15) is 13.2 Å². The highest BCUT2D eigenvalue weighted by atomic mass is 19.4. The maximum absolute atomic E-state index is 12.6. The summed E-state index contributed by atoms with van der Waals surface area (Å²) in [7, 11) is 0. The first-order chi connectivity index (χ1) is 8.45. The van der Waals surface area contributed by atoms with Crippen molar-refractivity contribution in [3.05, 3.63) is 23.8 Å². The molecule has 2 atom stereocenters. The maximum Gasteiger partial charge on any atom is 0.416 e. The van der Waals surface area contributed by atoms with Crippen LogP contribution in [0.4, 0.5) is 24.5 Å². The van der Waals surface area contributed by atoms with Crippen LogP contribution >= 0.6 is 0 Å². The summed E-state index contributed by atoms with van der Waals surface area (Å²) in [5.74, 6) is 0.691. The molecule has 2 bridgehead atoms. The molecule has 98 valence electrons. The first kappa shape index (κ1) is 11.7. The lowest BCUT2D eigenvalue weighted by Gasteiger charge is -2.30. The van der Waals surface area contributed by atoms with E-state index in [0.29, 0.717) is 12.0 Å². The lowest BCUT2D eigenvalue weighted by Crippen LogP contribution is -2.32. The standard InChI is InChI=1S/C13H15F3N2/c14-13(15,16)9-2-4-12(11(17)6-9)18-7-8-1-3-10(18)5-8/h2,4,6,8,10H,1,3,5,7,17H2. The number of rotatable bonds is 1. The molecule has 2 nitrogen and oxygen atoms in total. The van der Waals surface area contributed by atoms with Crippen molar-refractivity contribution in [2.45, 2.75) is 31.5 Å². The molecule has 1 aliphatic heterocycles. The van der Waals surface area contributed by atoms with Gasteiger partial charge in [0.2, 0.25) is 0 Å². The molecule has 1 saturated heterocycles. The SMILES string of the molecule is Nc1cc(C(F)(F)F)ccc1N1CC2CCC1C2. The van der Waals surface area contributed by atoms with Gasteiger partial charge in [-0.1, -0.05) is 0 Å². The minimum atomic E-state index is -4.32. The number of alkyl halides is 3. The predicted molar refractivity (Wildman–Crippen MR) is 64.3 cm³/mol. The van der Waals surface area contributed by atoms with E-state index in [0.717, 1.165) is 37.2 Å². The van der Waals surface area contributed by atoms with Crippen LogP contribution < -0.4 is 10.6 Å². The van der Waals surface area contributed by atoms with Gasteiger partial charge in [-0.25, -0.2) is 0 Å². The van der Waals surface area contributed by atoms with Crippen molar-refractivity contribution >= 4 is 11.4 Å². The molecule has 18 heavy (non-hydrogen) atoms. The molecule has 2 N–H and O–H groups in total. The summed E-state index contributed by atoms with van der Waals surface area (Å²) in [5.41, 5.74) is 6.11. The average molecular weight is 256 g/mol. The first-order valence-electron chi connectivity index (χ1n) is 6.18. The molecule has 0 amide bonds. The van der Waals surface area contributed by atoms with Crippen LogP contribution in [-0.2, 0) is 6.18 Å². The fourth-order valence-corrected chi connectivity index (χ4v) is 3.21. The van der Waals surface area contributed by atoms with E-state index >= 15 is 0 Å². The maximum atomic E-state index is 12.6. The van der Waals surface area contributed by atoms with Crippen molar-refractivity contribution in [2.24, 2.45) is 5.92 Å². The van der Waals surface area contributed by atoms with E-state index in [1.165, 1.54) is 12.5 Å². The summed E-state index contributed by atoms with van der Waals surface area (Å²) in [6.45, 7) is 0.931. The third-order valence-electron chi connectivity index (χ3n) is 4.07. The molecule has 2 unspecified atom stereocenters. The highest BCUT2D eigenvalue weighted by molar-refractivity contribution is 5.69. The molecule has 1 aromatic rings. The summed E-state index contributed by atoms with van der Waals surface area (Å²) in [5, 5.41) is 0. The van der Waals surface area contributed by atoms with Crippen LogP contribution in [0.25, 0.3) is 0 Å². The van der Waals surface area contributed by atoms with Gasteiger partial charge in [0.05, 0.1) is 16.9 Å². The van der Waals surface area contributed by atoms with Crippen molar-refractivity contribution in [2.75, 3.05) is 17.2 Å². The number of anilines is 2. The van der Waals surface area contributed by atoms with Crippen molar-refractivity contribution < 1.29 is 13.2 Å². The van der Waals surface area contributed by atoms with E-state index in [-0.39, 0.29) is 5.69 Å². The van der Waals surface area contributed by atoms with Crippen molar-refractivity contribution in [3.8, 4) is 0 Å². The number of halogens is 3. The second-order valence-corrected chi connectivity index (χ2v) is 5.26. The van der Waals surface area contributed by atoms with E-state index < -0.39 is 11.7 Å². The number of fused-ring (bicyclic) bond motifs is 2. The van der Waals surface area contributed by atoms with E-state index in [4.69, 9.17) is 5.73 Å². The second kappa shape index (κ2) is 3.80. The molecule has 1 heterocycles. The van der Waals surface area contributed by atoms with Gasteiger partial charge in [-0.3, -0.25) is 0 Å². The Morgan fingerprint density at radius 1 is 1.22 bits per heavy atom. The smallest absolute Gasteiger partial charge is 0.397 e. The van der Waals surface area contributed by atoms with Gasteiger partial charge < -0.3 is 10.6 Å². The number of hydrogen-bond acceptors (Lipinski definition) is 2. The molecule has 2 aliphatic rings. The molecular weight excluding hydrogens is 241 g/mol. The van der Waals surface area contributed by atoms with Crippen LogP contribution in [0.1, 0.15) is 24.8 Å².